The van der Waals surface area contributed by atoms with E-state index in [0.717, 1.165) is 34.8 Å². The van der Waals surface area contributed by atoms with E-state index in [9.17, 15) is 0 Å². The number of aromatic nitrogens is 6. The summed E-state index contributed by atoms with van der Waals surface area (Å²) in [6, 6.07) is 2.59. The quantitative estimate of drug-likeness (QED) is 0.774. The van der Waals surface area contributed by atoms with Crippen LogP contribution >= 0.6 is 0 Å². The summed E-state index contributed by atoms with van der Waals surface area (Å²) in [6.07, 6.45) is 7.89. The average molecular weight is 298 g/mol. The molecule has 0 radical (unpaired) electrons. The number of hydrogen-bond donors (Lipinski definition) is 2. The van der Waals surface area contributed by atoms with Gasteiger partial charge in [-0.25, -0.2) is 9.67 Å². The monoisotopic (exact) mass is 298 g/mol. The van der Waals surface area contributed by atoms with E-state index in [0.29, 0.717) is 12.0 Å². The van der Waals surface area contributed by atoms with Gasteiger partial charge in [-0.1, -0.05) is 26.7 Å². The fraction of sp³-hybridized carbons (Fsp3) is 0.562. The lowest BCUT2D eigenvalue weighted by Gasteiger charge is -2.08. The molecule has 22 heavy (non-hydrogen) atoms. The number of nitrogens with one attached hydrogen (secondary N) is 2. The van der Waals surface area contributed by atoms with Crippen LogP contribution in [-0.4, -0.2) is 29.9 Å². The number of hydrogen-bond acceptors (Lipinski definition) is 3. The Balaban J connectivity index is 1.66. The molecule has 6 heteroatoms. The van der Waals surface area contributed by atoms with Gasteiger partial charge in [-0.05, 0) is 31.2 Å². The van der Waals surface area contributed by atoms with Crippen molar-refractivity contribution in [1.29, 1.82) is 0 Å². The van der Waals surface area contributed by atoms with E-state index in [2.05, 4.69) is 44.9 Å². The highest BCUT2D eigenvalue weighted by atomic mass is 15.3. The summed E-state index contributed by atoms with van der Waals surface area (Å²) in [4.78, 5) is 8.09. The molecule has 0 aromatic carbocycles. The van der Waals surface area contributed by atoms with Gasteiger partial charge in [0.15, 0.2) is 11.5 Å². The summed E-state index contributed by atoms with van der Waals surface area (Å²) in [5, 5.41) is 12.0. The number of aromatic amines is 2. The molecule has 0 saturated heterocycles. The molecule has 1 aliphatic carbocycles. The largest absolute Gasteiger partial charge is 0.334 e. The molecular formula is C16H22N6. The maximum atomic E-state index is 4.74. The molecule has 0 atom stereocenters. The van der Waals surface area contributed by atoms with Crippen molar-refractivity contribution in [2.45, 2.75) is 52.0 Å². The second-order valence-electron chi connectivity index (χ2n) is 6.73. The van der Waals surface area contributed by atoms with Crippen molar-refractivity contribution in [2.24, 2.45) is 5.92 Å². The van der Waals surface area contributed by atoms with Crippen molar-refractivity contribution in [1.82, 2.24) is 29.9 Å². The SMILES string of the molecule is CC(C)Cc1cc(-c2nc3c(cnn3C3CCCC3)[nH]2)n[nH]1. The fourth-order valence-electron chi connectivity index (χ4n) is 3.38. The van der Waals surface area contributed by atoms with Gasteiger partial charge < -0.3 is 4.98 Å². The van der Waals surface area contributed by atoms with Crippen molar-refractivity contribution in [3.63, 3.8) is 0 Å². The zero-order chi connectivity index (χ0) is 15.1. The Morgan fingerprint density at radius 2 is 2.14 bits per heavy atom. The summed E-state index contributed by atoms with van der Waals surface area (Å²) >= 11 is 0. The van der Waals surface area contributed by atoms with Crippen molar-refractivity contribution in [2.75, 3.05) is 0 Å². The lowest BCUT2D eigenvalue weighted by Crippen LogP contribution is -2.06. The number of fused-ring (bicyclic) bond motifs is 1. The highest BCUT2D eigenvalue weighted by Crippen LogP contribution is 2.31. The van der Waals surface area contributed by atoms with Gasteiger partial charge in [0.05, 0.1) is 12.2 Å². The van der Waals surface area contributed by atoms with Gasteiger partial charge in [0.25, 0.3) is 0 Å². The summed E-state index contributed by atoms with van der Waals surface area (Å²) in [5.74, 6) is 1.44. The second-order valence-corrected chi connectivity index (χ2v) is 6.73. The normalized spacial score (nSPS) is 16.3. The van der Waals surface area contributed by atoms with Crippen molar-refractivity contribution >= 4 is 11.2 Å². The van der Waals surface area contributed by atoms with Gasteiger partial charge in [-0.2, -0.15) is 10.2 Å². The van der Waals surface area contributed by atoms with Crippen LogP contribution in [-0.2, 0) is 6.42 Å². The molecule has 3 aromatic heterocycles. The molecule has 0 amide bonds. The molecule has 1 saturated carbocycles. The first-order chi connectivity index (χ1) is 10.7. The summed E-state index contributed by atoms with van der Waals surface area (Å²) in [7, 11) is 0. The molecule has 0 unspecified atom stereocenters. The Kier molecular flexibility index (Phi) is 3.24. The van der Waals surface area contributed by atoms with Crippen molar-refractivity contribution < 1.29 is 0 Å². The van der Waals surface area contributed by atoms with Gasteiger partial charge in [0.1, 0.15) is 11.2 Å². The summed E-state index contributed by atoms with van der Waals surface area (Å²) in [6.45, 7) is 4.41. The van der Waals surface area contributed by atoms with Gasteiger partial charge >= 0.3 is 0 Å². The van der Waals surface area contributed by atoms with Gasteiger partial charge in [-0.15, -0.1) is 0 Å². The van der Waals surface area contributed by atoms with Crippen LogP contribution in [0.5, 0.6) is 0 Å². The molecule has 2 N–H and O–H groups in total. The molecule has 116 valence electrons. The topological polar surface area (TPSA) is 75.2 Å². The number of nitrogens with zero attached hydrogens (tertiary/aromatic N) is 4. The van der Waals surface area contributed by atoms with Crippen molar-refractivity contribution in [3.05, 3.63) is 18.0 Å². The molecule has 4 rings (SSSR count). The van der Waals surface area contributed by atoms with Crippen LogP contribution in [0.25, 0.3) is 22.7 Å². The smallest absolute Gasteiger partial charge is 0.177 e. The van der Waals surface area contributed by atoms with E-state index in [1.165, 1.54) is 25.7 Å². The first-order valence-electron chi connectivity index (χ1n) is 8.18. The lowest BCUT2D eigenvalue weighted by molar-refractivity contribution is 0.479. The molecule has 6 nitrogen and oxygen atoms in total. The Morgan fingerprint density at radius 1 is 1.32 bits per heavy atom. The highest BCUT2D eigenvalue weighted by Gasteiger charge is 2.21. The number of H-pyrrole nitrogens is 2. The van der Waals surface area contributed by atoms with Crippen LogP contribution < -0.4 is 0 Å². The zero-order valence-electron chi connectivity index (χ0n) is 13.1. The van der Waals surface area contributed by atoms with Crippen molar-refractivity contribution in [3.8, 4) is 11.5 Å². The minimum absolute atomic E-state index is 0.504. The van der Waals surface area contributed by atoms with Crippen LogP contribution in [0.1, 0.15) is 51.3 Å². The highest BCUT2D eigenvalue weighted by molar-refractivity contribution is 5.75. The Morgan fingerprint density at radius 3 is 2.91 bits per heavy atom. The lowest BCUT2D eigenvalue weighted by atomic mass is 10.1. The van der Waals surface area contributed by atoms with E-state index < -0.39 is 0 Å². The standard InChI is InChI=1S/C16H22N6/c1-10(2)7-11-8-13(21-20-11)15-18-14-9-17-22(16(14)19-15)12-5-3-4-6-12/h8-10,12H,3-7H2,1-2H3,(H,18,19)(H,20,21). The summed E-state index contributed by atoms with van der Waals surface area (Å²) < 4.78 is 2.09. The van der Waals surface area contributed by atoms with Gasteiger partial charge in [-0.3, -0.25) is 5.10 Å². The molecule has 0 bridgehead atoms. The molecule has 1 fully saturated rings. The minimum atomic E-state index is 0.504. The Bertz CT molecular complexity index is 772. The average Bonchev–Trinajstić information content (AvgIpc) is 3.21. The minimum Gasteiger partial charge on any atom is -0.334 e. The van der Waals surface area contributed by atoms with E-state index in [4.69, 9.17) is 4.98 Å². The number of rotatable bonds is 4. The van der Waals surface area contributed by atoms with Crippen LogP contribution in [0.2, 0.25) is 0 Å². The van der Waals surface area contributed by atoms with Crippen LogP contribution in [0.4, 0.5) is 0 Å². The first kappa shape index (κ1) is 13.5. The predicted molar refractivity (Wildman–Crippen MR) is 85.5 cm³/mol. The van der Waals surface area contributed by atoms with Crippen LogP contribution in [0.15, 0.2) is 12.3 Å². The second kappa shape index (κ2) is 5.26. The molecule has 3 aromatic rings. The zero-order valence-corrected chi connectivity index (χ0v) is 13.1. The fourth-order valence-corrected chi connectivity index (χ4v) is 3.38. The van der Waals surface area contributed by atoms with E-state index in [1.807, 2.05) is 6.20 Å². The molecule has 0 aliphatic heterocycles. The molecule has 0 spiro atoms. The van der Waals surface area contributed by atoms with Gasteiger partial charge in [0.2, 0.25) is 0 Å². The third kappa shape index (κ3) is 2.32. The molecule has 1 aliphatic rings. The Hall–Kier alpha value is -2.11. The molecule has 3 heterocycles. The van der Waals surface area contributed by atoms with Crippen LogP contribution in [0, 0.1) is 5.92 Å². The maximum absolute atomic E-state index is 4.74. The van der Waals surface area contributed by atoms with E-state index in [-0.39, 0.29) is 0 Å². The number of imidazole rings is 1. The Labute approximate surface area is 129 Å². The van der Waals surface area contributed by atoms with Crippen LogP contribution in [0.3, 0.4) is 0 Å². The first-order valence-corrected chi connectivity index (χ1v) is 8.18. The van der Waals surface area contributed by atoms with E-state index in [1.54, 1.807) is 0 Å². The predicted octanol–water partition coefficient (Wildman–Crippen LogP) is 3.46. The van der Waals surface area contributed by atoms with E-state index >= 15 is 0 Å². The maximum Gasteiger partial charge on any atom is 0.177 e. The van der Waals surface area contributed by atoms with Gasteiger partial charge in [0, 0.05) is 5.69 Å². The third-order valence-corrected chi connectivity index (χ3v) is 4.41. The summed E-state index contributed by atoms with van der Waals surface area (Å²) in [5.41, 5.74) is 3.98. The molecular weight excluding hydrogens is 276 g/mol. The third-order valence-electron chi connectivity index (χ3n) is 4.41.